The number of amides is 1. The lowest BCUT2D eigenvalue weighted by Crippen LogP contribution is -2.25. The van der Waals surface area contributed by atoms with E-state index in [1.807, 2.05) is 43.3 Å². The van der Waals surface area contributed by atoms with Gasteiger partial charge in [-0.25, -0.2) is 0 Å². The first-order valence-electron chi connectivity index (χ1n) is 6.18. The van der Waals surface area contributed by atoms with Crippen molar-refractivity contribution in [3.63, 3.8) is 0 Å². The number of rotatable bonds is 3. The molecule has 20 heavy (non-hydrogen) atoms. The van der Waals surface area contributed by atoms with E-state index in [2.05, 4.69) is 21.2 Å². The fourth-order valence-corrected chi connectivity index (χ4v) is 3.28. The largest absolute Gasteiger partial charge is 0.459 e. The Labute approximate surface area is 128 Å². The van der Waals surface area contributed by atoms with Gasteiger partial charge in [0.2, 0.25) is 0 Å². The molecule has 0 aliphatic heterocycles. The SMILES string of the molecule is CC(NC(=O)c1ccc(Br)s1)c1cc2ccccc2o1. The maximum atomic E-state index is 12.1. The van der Waals surface area contributed by atoms with Crippen LogP contribution in [0.25, 0.3) is 11.0 Å². The normalized spacial score (nSPS) is 12.5. The average Bonchev–Trinajstić information content (AvgIpc) is 3.04. The van der Waals surface area contributed by atoms with Crippen molar-refractivity contribution in [3.05, 3.63) is 56.9 Å². The Kier molecular flexibility index (Phi) is 3.63. The van der Waals surface area contributed by atoms with Crippen molar-refractivity contribution in [1.82, 2.24) is 5.32 Å². The van der Waals surface area contributed by atoms with E-state index in [9.17, 15) is 4.79 Å². The van der Waals surface area contributed by atoms with Gasteiger partial charge in [-0.15, -0.1) is 11.3 Å². The zero-order chi connectivity index (χ0) is 14.1. The van der Waals surface area contributed by atoms with Gasteiger partial charge in [-0.3, -0.25) is 4.79 Å². The highest BCUT2D eigenvalue weighted by atomic mass is 79.9. The molecule has 1 N–H and O–H groups in total. The summed E-state index contributed by atoms with van der Waals surface area (Å²) < 4.78 is 6.69. The Balaban J connectivity index is 1.78. The van der Waals surface area contributed by atoms with Crippen molar-refractivity contribution in [1.29, 1.82) is 0 Å². The lowest BCUT2D eigenvalue weighted by Gasteiger charge is -2.10. The number of para-hydroxylation sites is 1. The topological polar surface area (TPSA) is 42.2 Å². The Bertz CT molecular complexity index is 729. The number of nitrogens with one attached hydrogen (secondary N) is 1. The lowest BCUT2D eigenvalue weighted by molar-refractivity contribution is 0.0940. The number of hydrogen-bond donors (Lipinski definition) is 1. The minimum atomic E-state index is -0.171. The molecule has 5 heteroatoms. The quantitative estimate of drug-likeness (QED) is 0.741. The molecule has 0 aliphatic carbocycles. The van der Waals surface area contributed by atoms with Gasteiger partial charge in [-0.2, -0.15) is 0 Å². The molecule has 2 heterocycles. The summed E-state index contributed by atoms with van der Waals surface area (Å²) in [5.41, 5.74) is 0.836. The standard InChI is InChI=1S/C15H12BrNO2S/c1-9(17-15(18)13-6-7-14(16)20-13)12-8-10-4-2-3-5-11(10)19-12/h2-9H,1H3,(H,17,18). The van der Waals surface area contributed by atoms with Crippen LogP contribution in [0.15, 0.2) is 50.7 Å². The first-order chi connectivity index (χ1) is 9.63. The lowest BCUT2D eigenvalue weighted by atomic mass is 10.2. The molecule has 0 bridgehead atoms. The van der Waals surface area contributed by atoms with Crippen molar-refractivity contribution in [2.75, 3.05) is 0 Å². The van der Waals surface area contributed by atoms with Crippen LogP contribution in [-0.4, -0.2) is 5.91 Å². The zero-order valence-corrected chi connectivity index (χ0v) is 13.1. The molecule has 0 spiro atoms. The molecule has 3 rings (SSSR count). The number of thiophene rings is 1. The Hall–Kier alpha value is -1.59. The van der Waals surface area contributed by atoms with E-state index >= 15 is 0 Å². The van der Waals surface area contributed by atoms with Crippen molar-refractivity contribution in [3.8, 4) is 0 Å². The van der Waals surface area contributed by atoms with Gasteiger partial charge in [0.05, 0.1) is 14.7 Å². The second kappa shape index (κ2) is 5.42. The molecule has 0 aliphatic rings. The fourth-order valence-electron chi connectivity index (χ4n) is 1.99. The molecule has 2 aromatic heterocycles. The highest BCUT2D eigenvalue weighted by molar-refractivity contribution is 9.11. The monoisotopic (exact) mass is 349 g/mol. The number of halogens is 1. The van der Waals surface area contributed by atoms with Gasteiger partial charge in [0, 0.05) is 5.39 Å². The maximum Gasteiger partial charge on any atom is 0.261 e. The molecule has 0 fully saturated rings. The third-order valence-electron chi connectivity index (χ3n) is 3.02. The third-order valence-corrected chi connectivity index (χ3v) is 4.64. The first-order valence-corrected chi connectivity index (χ1v) is 7.79. The second-order valence-corrected chi connectivity index (χ2v) is 6.95. The van der Waals surface area contributed by atoms with E-state index in [4.69, 9.17) is 4.42 Å². The smallest absolute Gasteiger partial charge is 0.261 e. The summed E-state index contributed by atoms with van der Waals surface area (Å²) in [7, 11) is 0. The van der Waals surface area contributed by atoms with E-state index in [0.29, 0.717) is 4.88 Å². The third kappa shape index (κ3) is 2.64. The minimum Gasteiger partial charge on any atom is -0.459 e. The summed E-state index contributed by atoms with van der Waals surface area (Å²) in [5.74, 6) is 0.670. The number of benzene rings is 1. The fraction of sp³-hybridized carbons (Fsp3) is 0.133. The molecule has 3 aromatic rings. The van der Waals surface area contributed by atoms with Crippen LogP contribution in [0.2, 0.25) is 0 Å². The summed E-state index contributed by atoms with van der Waals surface area (Å²) >= 11 is 4.77. The van der Waals surface area contributed by atoms with Crippen molar-refractivity contribution in [2.45, 2.75) is 13.0 Å². The molecule has 0 radical (unpaired) electrons. The van der Waals surface area contributed by atoms with Crippen LogP contribution in [0.3, 0.4) is 0 Å². The zero-order valence-electron chi connectivity index (χ0n) is 10.7. The number of hydrogen-bond acceptors (Lipinski definition) is 3. The summed E-state index contributed by atoms with van der Waals surface area (Å²) in [6.45, 7) is 1.91. The average molecular weight is 350 g/mol. The number of carbonyl (C=O) groups is 1. The first kappa shape index (κ1) is 13.4. The molecular formula is C15H12BrNO2S. The van der Waals surface area contributed by atoms with Crippen LogP contribution in [0.5, 0.6) is 0 Å². The minimum absolute atomic E-state index is 0.0892. The Morgan fingerprint density at radius 1 is 1.30 bits per heavy atom. The number of fused-ring (bicyclic) bond motifs is 1. The van der Waals surface area contributed by atoms with Gasteiger partial charge < -0.3 is 9.73 Å². The summed E-state index contributed by atoms with van der Waals surface area (Å²) in [6.07, 6.45) is 0. The molecule has 0 saturated heterocycles. The van der Waals surface area contributed by atoms with Gasteiger partial charge >= 0.3 is 0 Å². The molecule has 1 aromatic carbocycles. The predicted molar refractivity (Wildman–Crippen MR) is 84.1 cm³/mol. The van der Waals surface area contributed by atoms with Crippen molar-refractivity contribution < 1.29 is 9.21 Å². The highest BCUT2D eigenvalue weighted by Crippen LogP contribution is 2.25. The Morgan fingerprint density at radius 3 is 2.80 bits per heavy atom. The molecule has 1 unspecified atom stereocenters. The molecule has 0 saturated carbocycles. The van der Waals surface area contributed by atoms with Gasteiger partial charge in [-0.05, 0) is 47.1 Å². The van der Waals surface area contributed by atoms with E-state index in [1.165, 1.54) is 11.3 Å². The van der Waals surface area contributed by atoms with Gasteiger partial charge in [0.15, 0.2) is 0 Å². The van der Waals surface area contributed by atoms with Gasteiger partial charge in [0.1, 0.15) is 11.3 Å². The molecule has 102 valence electrons. The van der Waals surface area contributed by atoms with E-state index in [0.717, 1.165) is 20.5 Å². The van der Waals surface area contributed by atoms with Crippen LogP contribution in [0.1, 0.15) is 28.4 Å². The summed E-state index contributed by atoms with van der Waals surface area (Å²) in [5, 5.41) is 3.99. The van der Waals surface area contributed by atoms with Gasteiger partial charge in [-0.1, -0.05) is 18.2 Å². The van der Waals surface area contributed by atoms with Crippen molar-refractivity contribution >= 4 is 44.1 Å². The van der Waals surface area contributed by atoms with E-state index in [1.54, 1.807) is 6.07 Å². The second-order valence-electron chi connectivity index (χ2n) is 4.49. The van der Waals surface area contributed by atoms with Crippen LogP contribution in [-0.2, 0) is 0 Å². The van der Waals surface area contributed by atoms with Crippen LogP contribution in [0, 0.1) is 0 Å². The number of carbonyl (C=O) groups excluding carboxylic acids is 1. The van der Waals surface area contributed by atoms with Crippen molar-refractivity contribution in [2.24, 2.45) is 0 Å². The summed E-state index contributed by atoms with van der Waals surface area (Å²) in [6, 6.07) is 13.3. The molecule has 3 nitrogen and oxygen atoms in total. The van der Waals surface area contributed by atoms with E-state index < -0.39 is 0 Å². The maximum absolute atomic E-state index is 12.1. The Morgan fingerprint density at radius 2 is 2.10 bits per heavy atom. The molecule has 1 atom stereocenters. The number of furan rings is 1. The molecular weight excluding hydrogens is 338 g/mol. The predicted octanol–water partition coefficient (Wildman–Crippen LogP) is 4.75. The molecule has 1 amide bonds. The van der Waals surface area contributed by atoms with Crippen LogP contribution >= 0.6 is 27.3 Å². The highest BCUT2D eigenvalue weighted by Gasteiger charge is 2.16. The van der Waals surface area contributed by atoms with Gasteiger partial charge in [0.25, 0.3) is 5.91 Å². The van der Waals surface area contributed by atoms with E-state index in [-0.39, 0.29) is 11.9 Å². The summed E-state index contributed by atoms with van der Waals surface area (Å²) in [4.78, 5) is 12.8. The van der Waals surface area contributed by atoms with Crippen LogP contribution in [0.4, 0.5) is 0 Å². The van der Waals surface area contributed by atoms with Crippen LogP contribution < -0.4 is 5.32 Å².